The van der Waals surface area contributed by atoms with E-state index in [1.807, 2.05) is 7.05 Å². The Labute approximate surface area is 162 Å². The first-order chi connectivity index (χ1) is 13.5. The van der Waals surface area contributed by atoms with Crippen molar-refractivity contribution in [3.63, 3.8) is 0 Å². The number of H-pyrrole nitrogens is 1. The van der Waals surface area contributed by atoms with E-state index >= 15 is 0 Å². The number of nitrogen functional groups attached to an aromatic ring is 1. The number of hydrogen-bond donors (Lipinski definition) is 2. The molecular formula is C20H24FN5O2. The van der Waals surface area contributed by atoms with Gasteiger partial charge in [-0.3, -0.25) is 9.78 Å². The van der Waals surface area contributed by atoms with Crippen molar-refractivity contribution in [2.24, 2.45) is 7.05 Å². The Bertz CT molecular complexity index is 1010. The predicted molar refractivity (Wildman–Crippen MR) is 104 cm³/mol. The molecule has 28 heavy (non-hydrogen) atoms. The fraction of sp³-hybridized carbons (Fsp3) is 0.400. The summed E-state index contributed by atoms with van der Waals surface area (Å²) in [6.07, 6.45) is 5.04. The van der Waals surface area contributed by atoms with Crippen LogP contribution >= 0.6 is 0 Å². The van der Waals surface area contributed by atoms with E-state index in [2.05, 4.69) is 15.3 Å². The van der Waals surface area contributed by atoms with E-state index in [1.165, 1.54) is 7.11 Å². The van der Waals surface area contributed by atoms with Gasteiger partial charge in [-0.15, -0.1) is 0 Å². The molecule has 1 aliphatic rings. The highest BCUT2D eigenvalue weighted by Crippen LogP contribution is 2.39. The summed E-state index contributed by atoms with van der Waals surface area (Å²) < 4.78 is 27.2. The number of halogens is 1. The first kappa shape index (κ1) is 18.3. The van der Waals surface area contributed by atoms with Crippen LogP contribution in [0.5, 0.6) is 11.5 Å². The fourth-order valence-electron chi connectivity index (χ4n) is 4.02. The number of aromatic nitrogens is 4. The standard InChI is InChI=1S/C20H24FN5O2/c1-26-10-15(22)20(25-26)19-13-6-4-5-11(7-16(13)23-24-19)14-8-12(27-2)9-17(28-3)18(14)21/h8-11H,4-7,22H2,1-3H3,(H,23,24). The lowest BCUT2D eigenvalue weighted by Crippen LogP contribution is -2.07. The molecule has 3 N–H and O–H groups in total. The minimum Gasteiger partial charge on any atom is -0.497 e. The number of nitrogens with zero attached hydrogens (tertiary/aromatic N) is 3. The van der Waals surface area contributed by atoms with Gasteiger partial charge in [-0.05, 0) is 43.2 Å². The molecule has 0 radical (unpaired) electrons. The average molecular weight is 385 g/mol. The molecule has 1 aromatic carbocycles. The summed E-state index contributed by atoms with van der Waals surface area (Å²) in [6, 6.07) is 3.33. The van der Waals surface area contributed by atoms with Crippen molar-refractivity contribution in [1.29, 1.82) is 0 Å². The van der Waals surface area contributed by atoms with E-state index < -0.39 is 0 Å². The maximum absolute atomic E-state index is 15.0. The summed E-state index contributed by atoms with van der Waals surface area (Å²) in [7, 11) is 4.87. The van der Waals surface area contributed by atoms with Crippen molar-refractivity contribution >= 4 is 5.69 Å². The van der Waals surface area contributed by atoms with Crippen LogP contribution in [-0.2, 0) is 19.9 Å². The van der Waals surface area contributed by atoms with E-state index in [0.29, 0.717) is 29.1 Å². The number of anilines is 1. The second kappa shape index (κ2) is 7.18. The maximum Gasteiger partial charge on any atom is 0.168 e. The van der Waals surface area contributed by atoms with Gasteiger partial charge in [-0.2, -0.15) is 10.2 Å². The third-order valence-corrected chi connectivity index (χ3v) is 5.40. The summed E-state index contributed by atoms with van der Waals surface area (Å²) in [5, 5.41) is 12.1. The van der Waals surface area contributed by atoms with Crippen molar-refractivity contribution in [2.45, 2.75) is 31.6 Å². The Balaban J connectivity index is 1.72. The van der Waals surface area contributed by atoms with E-state index in [1.54, 1.807) is 30.1 Å². The number of nitrogens with two attached hydrogens (primary N) is 1. The minimum absolute atomic E-state index is 0.000343. The first-order valence-corrected chi connectivity index (χ1v) is 9.28. The second-order valence-corrected chi connectivity index (χ2v) is 7.16. The molecule has 1 aliphatic carbocycles. The van der Waals surface area contributed by atoms with E-state index in [-0.39, 0.29) is 17.5 Å². The van der Waals surface area contributed by atoms with Crippen molar-refractivity contribution in [3.05, 3.63) is 41.0 Å². The average Bonchev–Trinajstić information content (AvgIpc) is 3.15. The van der Waals surface area contributed by atoms with Crippen molar-refractivity contribution < 1.29 is 13.9 Å². The molecule has 1 unspecified atom stereocenters. The summed E-state index contributed by atoms with van der Waals surface area (Å²) in [5.74, 6) is 0.458. The molecule has 0 fully saturated rings. The molecule has 7 nitrogen and oxygen atoms in total. The number of ether oxygens (including phenoxy) is 2. The van der Waals surface area contributed by atoms with Crippen LogP contribution in [-0.4, -0.2) is 34.2 Å². The first-order valence-electron chi connectivity index (χ1n) is 9.28. The highest BCUT2D eigenvalue weighted by atomic mass is 19.1. The predicted octanol–water partition coefficient (Wildman–Crippen LogP) is 3.21. The van der Waals surface area contributed by atoms with Gasteiger partial charge in [0.1, 0.15) is 17.1 Å². The number of nitrogens with one attached hydrogen (secondary N) is 1. The molecule has 2 heterocycles. The largest absolute Gasteiger partial charge is 0.497 e. The zero-order valence-electron chi connectivity index (χ0n) is 16.3. The third kappa shape index (κ3) is 3.08. The third-order valence-electron chi connectivity index (χ3n) is 5.40. The molecule has 0 amide bonds. The lowest BCUT2D eigenvalue weighted by molar-refractivity contribution is 0.368. The van der Waals surface area contributed by atoms with Gasteiger partial charge >= 0.3 is 0 Å². The van der Waals surface area contributed by atoms with Gasteiger partial charge in [0.15, 0.2) is 11.6 Å². The van der Waals surface area contributed by atoms with Crippen LogP contribution in [0.3, 0.4) is 0 Å². The number of methoxy groups -OCH3 is 2. The van der Waals surface area contributed by atoms with Crippen LogP contribution in [0.25, 0.3) is 11.4 Å². The molecule has 2 aromatic heterocycles. The molecule has 3 aromatic rings. The molecule has 0 aliphatic heterocycles. The number of aromatic amines is 1. The summed E-state index contributed by atoms with van der Waals surface area (Å²) in [5.41, 5.74) is 10.9. The normalized spacial score (nSPS) is 16.5. The quantitative estimate of drug-likeness (QED) is 0.673. The van der Waals surface area contributed by atoms with Crippen LogP contribution in [0, 0.1) is 5.82 Å². The number of fused-ring (bicyclic) bond motifs is 1. The van der Waals surface area contributed by atoms with E-state index in [9.17, 15) is 4.39 Å². The smallest absolute Gasteiger partial charge is 0.168 e. The highest BCUT2D eigenvalue weighted by molar-refractivity contribution is 5.72. The SMILES string of the molecule is COc1cc(OC)c(F)c(C2CCCc3c(-c4nn(C)cc4N)n[nH]c3C2)c1. The van der Waals surface area contributed by atoms with Crippen molar-refractivity contribution in [2.75, 3.05) is 20.0 Å². The molecule has 1 atom stereocenters. The number of rotatable bonds is 4. The van der Waals surface area contributed by atoms with Gasteiger partial charge in [0.25, 0.3) is 0 Å². The molecule has 148 valence electrons. The van der Waals surface area contributed by atoms with Crippen LogP contribution in [0.2, 0.25) is 0 Å². The Morgan fingerprint density at radius 1 is 1.25 bits per heavy atom. The highest BCUT2D eigenvalue weighted by Gasteiger charge is 2.28. The van der Waals surface area contributed by atoms with E-state index in [4.69, 9.17) is 15.2 Å². The van der Waals surface area contributed by atoms with Gasteiger partial charge in [0.05, 0.1) is 19.9 Å². The van der Waals surface area contributed by atoms with Gasteiger partial charge in [0.2, 0.25) is 0 Å². The van der Waals surface area contributed by atoms with Crippen LogP contribution in [0.4, 0.5) is 10.1 Å². The number of hydrogen-bond acceptors (Lipinski definition) is 5. The lowest BCUT2D eigenvalue weighted by Gasteiger charge is -2.18. The Morgan fingerprint density at radius 2 is 2.07 bits per heavy atom. The van der Waals surface area contributed by atoms with Gasteiger partial charge in [-0.25, -0.2) is 4.39 Å². The van der Waals surface area contributed by atoms with Crippen LogP contribution in [0.1, 0.15) is 35.6 Å². The van der Waals surface area contributed by atoms with Crippen LogP contribution < -0.4 is 15.2 Å². The summed E-state index contributed by atoms with van der Waals surface area (Å²) >= 11 is 0. The fourth-order valence-corrected chi connectivity index (χ4v) is 4.02. The van der Waals surface area contributed by atoms with Gasteiger partial charge in [0, 0.05) is 30.6 Å². The number of benzene rings is 1. The Morgan fingerprint density at radius 3 is 2.75 bits per heavy atom. The molecule has 0 bridgehead atoms. The summed E-state index contributed by atoms with van der Waals surface area (Å²) in [4.78, 5) is 0. The van der Waals surface area contributed by atoms with Crippen LogP contribution in [0.15, 0.2) is 18.3 Å². The lowest BCUT2D eigenvalue weighted by atomic mass is 9.90. The monoisotopic (exact) mass is 385 g/mol. The van der Waals surface area contributed by atoms with Crippen molar-refractivity contribution in [3.8, 4) is 22.9 Å². The zero-order valence-corrected chi connectivity index (χ0v) is 16.3. The second-order valence-electron chi connectivity index (χ2n) is 7.16. The number of aryl methyl sites for hydroxylation is 1. The minimum atomic E-state index is -0.328. The molecule has 4 rings (SSSR count). The molecule has 0 spiro atoms. The Hall–Kier alpha value is -3.03. The summed E-state index contributed by atoms with van der Waals surface area (Å²) in [6.45, 7) is 0. The molecule has 0 saturated carbocycles. The zero-order chi connectivity index (χ0) is 19.8. The van der Waals surface area contributed by atoms with Gasteiger partial charge < -0.3 is 15.2 Å². The molecule has 0 saturated heterocycles. The molecular weight excluding hydrogens is 361 g/mol. The van der Waals surface area contributed by atoms with Crippen molar-refractivity contribution in [1.82, 2.24) is 20.0 Å². The molecule has 8 heteroatoms. The topological polar surface area (TPSA) is 91.0 Å². The van der Waals surface area contributed by atoms with Gasteiger partial charge in [-0.1, -0.05) is 0 Å². The maximum atomic E-state index is 15.0. The Kier molecular flexibility index (Phi) is 4.70. The van der Waals surface area contributed by atoms with E-state index in [0.717, 1.165) is 36.2 Å².